The molecular weight excluding hydrogens is 488 g/mol. The molecule has 0 aliphatic rings. The third-order valence-corrected chi connectivity index (χ3v) is 6.28. The molecule has 0 radical (unpaired) electrons. The van der Waals surface area contributed by atoms with Crippen LogP contribution in [0.15, 0.2) is 72.9 Å². The summed E-state index contributed by atoms with van der Waals surface area (Å²) in [6, 6.07) is 17.2. The zero-order valence-electron chi connectivity index (χ0n) is 20.3. The van der Waals surface area contributed by atoms with Crippen LogP contribution in [0.1, 0.15) is 22.8 Å². The van der Waals surface area contributed by atoms with Crippen LogP contribution >= 0.6 is 0 Å². The monoisotopic (exact) mass is 514 g/mol. The highest BCUT2D eigenvalue weighted by molar-refractivity contribution is 5.95. The average Bonchev–Trinajstić information content (AvgIpc) is 3.30. The number of alkyl halides is 3. The number of carbonyl (C=O) groups excluding carboxylic acids is 1. The molecule has 0 saturated heterocycles. The van der Waals surface area contributed by atoms with Crippen molar-refractivity contribution in [2.45, 2.75) is 25.6 Å². The Morgan fingerprint density at radius 1 is 1.05 bits per heavy atom. The van der Waals surface area contributed by atoms with Crippen molar-refractivity contribution < 1.29 is 27.5 Å². The fourth-order valence-electron chi connectivity index (χ4n) is 4.11. The normalized spacial score (nSPS) is 13.4. The van der Waals surface area contributed by atoms with E-state index in [4.69, 9.17) is 0 Å². The average molecular weight is 515 g/mol. The Balaban J connectivity index is 1.60. The summed E-state index contributed by atoms with van der Waals surface area (Å²) in [5.74, 6) is -0.998. The lowest BCUT2D eigenvalue weighted by Gasteiger charge is -2.36. The topological polar surface area (TPSA) is 70.4 Å². The van der Waals surface area contributed by atoms with Crippen LogP contribution in [0.25, 0.3) is 16.6 Å². The van der Waals surface area contributed by atoms with Gasteiger partial charge in [0.25, 0.3) is 5.91 Å². The molecule has 1 heterocycles. The smallest absolute Gasteiger partial charge is 0.381 e. The summed E-state index contributed by atoms with van der Waals surface area (Å²) < 4.78 is 57.3. The summed E-state index contributed by atoms with van der Waals surface area (Å²) in [6.45, 7) is 1.40. The SMILES string of the molecule is CCN(CC(O)(CNc1cccc2c1cnn2-c1ccc(F)cc1)C(F)(F)F)C(=O)c1ccccc1C. The number of halogens is 4. The van der Waals surface area contributed by atoms with Crippen LogP contribution in [0.5, 0.6) is 0 Å². The van der Waals surface area contributed by atoms with E-state index in [0.29, 0.717) is 27.8 Å². The van der Waals surface area contributed by atoms with Crippen molar-refractivity contribution in [3.8, 4) is 5.69 Å². The van der Waals surface area contributed by atoms with Crippen molar-refractivity contribution in [3.63, 3.8) is 0 Å². The van der Waals surface area contributed by atoms with E-state index in [-0.39, 0.29) is 12.1 Å². The molecule has 4 rings (SSSR count). The fourth-order valence-corrected chi connectivity index (χ4v) is 4.11. The van der Waals surface area contributed by atoms with Gasteiger partial charge in [0, 0.05) is 23.2 Å². The van der Waals surface area contributed by atoms with Crippen molar-refractivity contribution in [2.24, 2.45) is 0 Å². The maximum Gasteiger partial charge on any atom is 0.420 e. The van der Waals surface area contributed by atoms with E-state index in [1.54, 1.807) is 56.3 Å². The lowest BCUT2D eigenvalue weighted by molar-refractivity contribution is -0.257. The number of hydrogen-bond acceptors (Lipinski definition) is 4. The van der Waals surface area contributed by atoms with Crippen LogP contribution < -0.4 is 5.32 Å². The highest BCUT2D eigenvalue weighted by Gasteiger charge is 2.55. The number of carbonyl (C=O) groups is 1. The Labute approximate surface area is 211 Å². The number of rotatable bonds is 8. The zero-order valence-corrected chi connectivity index (χ0v) is 20.3. The van der Waals surface area contributed by atoms with Gasteiger partial charge in [0.05, 0.1) is 30.5 Å². The number of nitrogens with one attached hydrogen (secondary N) is 1. The number of anilines is 1. The molecule has 0 spiro atoms. The molecule has 0 aliphatic carbocycles. The van der Waals surface area contributed by atoms with Gasteiger partial charge in [-0.05, 0) is 61.9 Å². The van der Waals surface area contributed by atoms with E-state index < -0.39 is 36.6 Å². The summed E-state index contributed by atoms with van der Waals surface area (Å²) in [7, 11) is 0. The third-order valence-electron chi connectivity index (χ3n) is 6.28. The number of aliphatic hydroxyl groups is 1. The summed E-state index contributed by atoms with van der Waals surface area (Å²) in [5.41, 5.74) is -0.840. The lowest BCUT2D eigenvalue weighted by atomic mass is 10.0. The molecule has 0 aliphatic heterocycles. The molecular formula is C27H26F4N4O2. The van der Waals surface area contributed by atoms with E-state index in [1.165, 1.54) is 35.1 Å². The first-order chi connectivity index (χ1) is 17.5. The molecule has 6 nitrogen and oxygen atoms in total. The predicted molar refractivity (Wildman–Crippen MR) is 133 cm³/mol. The molecule has 1 amide bonds. The summed E-state index contributed by atoms with van der Waals surface area (Å²) in [4.78, 5) is 14.0. The Morgan fingerprint density at radius 2 is 1.76 bits per heavy atom. The van der Waals surface area contributed by atoms with Crippen molar-refractivity contribution in [1.82, 2.24) is 14.7 Å². The highest BCUT2D eigenvalue weighted by Crippen LogP contribution is 2.33. The minimum atomic E-state index is -5.02. The third kappa shape index (κ3) is 5.29. The second-order valence-electron chi connectivity index (χ2n) is 8.79. The molecule has 1 aromatic heterocycles. The minimum absolute atomic E-state index is 0.0222. The van der Waals surface area contributed by atoms with Gasteiger partial charge in [-0.2, -0.15) is 18.3 Å². The first kappa shape index (κ1) is 26.2. The van der Waals surface area contributed by atoms with Crippen LogP contribution in [0, 0.1) is 12.7 Å². The molecule has 0 saturated carbocycles. The summed E-state index contributed by atoms with van der Waals surface area (Å²) in [6.07, 6.45) is -3.54. The Bertz CT molecular complexity index is 1400. The number of benzene rings is 3. The molecule has 3 aromatic carbocycles. The Hall–Kier alpha value is -3.92. The van der Waals surface area contributed by atoms with E-state index >= 15 is 0 Å². The van der Waals surface area contributed by atoms with Crippen LogP contribution in [0.3, 0.4) is 0 Å². The molecule has 4 aromatic rings. The quantitative estimate of drug-likeness (QED) is 0.312. The number of aryl methyl sites for hydroxylation is 1. The van der Waals surface area contributed by atoms with Gasteiger partial charge < -0.3 is 15.3 Å². The number of amides is 1. The van der Waals surface area contributed by atoms with Crippen LogP contribution in [0.2, 0.25) is 0 Å². The van der Waals surface area contributed by atoms with Gasteiger partial charge in [0.15, 0.2) is 5.60 Å². The maximum atomic E-state index is 14.1. The van der Waals surface area contributed by atoms with Gasteiger partial charge in [0.1, 0.15) is 5.82 Å². The van der Waals surface area contributed by atoms with Crippen molar-refractivity contribution in [1.29, 1.82) is 0 Å². The van der Waals surface area contributed by atoms with Crippen molar-refractivity contribution in [3.05, 3.63) is 89.9 Å². The van der Waals surface area contributed by atoms with E-state index in [2.05, 4.69) is 10.4 Å². The van der Waals surface area contributed by atoms with Crippen LogP contribution in [-0.2, 0) is 0 Å². The van der Waals surface area contributed by atoms with Gasteiger partial charge in [0.2, 0.25) is 0 Å². The van der Waals surface area contributed by atoms with Crippen LogP contribution in [-0.4, -0.2) is 57.1 Å². The molecule has 194 valence electrons. The largest absolute Gasteiger partial charge is 0.420 e. The number of aromatic nitrogens is 2. The molecule has 2 N–H and O–H groups in total. The summed E-state index contributed by atoms with van der Waals surface area (Å²) in [5, 5.41) is 18.3. The van der Waals surface area contributed by atoms with Crippen molar-refractivity contribution >= 4 is 22.5 Å². The summed E-state index contributed by atoms with van der Waals surface area (Å²) >= 11 is 0. The number of likely N-dealkylation sites (N-methyl/N-ethyl adjacent to an activating group) is 1. The van der Waals surface area contributed by atoms with E-state index in [1.807, 2.05) is 0 Å². The Kier molecular flexibility index (Phi) is 7.22. The molecule has 1 atom stereocenters. The lowest BCUT2D eigenvalue weighted by Crippen LogP contribution is -2.58. The number of nitrogens with zero attached hydrogens (tertiary/aromatic N) is 3. The zero-order chi connectivity index (χ0) is 26.8. The van der Waals surface area contributed by atoms with Crippen LogP contribution in [0.4, 0.5) is 23.2 Å². The first-order valence-electron chi connectivity index (χ1n) is 11.6. The second kappa shape index (κ2) is 10.2. The molecule has 0 bridgehead atoms. The maximum absolute atomic E-state index is 14.1. The standard InChI is InChI=1S/C27H26F4N4O2/c1-3-34(25(36)21-8-5-4-7-18(21)2)17-26(37,27(29,30)31)16-32-23-9-6-10-24-22(23)15-33-35(24)20-13-11-19(28)12-14-20/h4-15,32,37H,3,16-17H2,1-2H3. The number of hydrogen-bond donors (Lipinski definition) is 2. The van der Waals surface area contributed by atoms with Gasteiger partial charge in [-0.15, -0.1) is 0 Å². The van der Waals surface area contributed by atoms with Gasteiger partial charge in [-0.3, -0.25) is 4.79 Å². The molecule has 0 fully saturated rings. The molecule has 10 heteroatoms. The van der Waals surface area contributed by atoms with Gasteiger partial charge in [-0.25, -0.2) is 9.07 Å². The minimum Gasteiger partial charge on any atom is -0.381 e. The number of fused-ring (bicyclic) bond motifs is 1. The fraction of sp³-hybridized carbons (Fsp3) is 0.259. The second-order valence-corrected chi connectivity index (χ2v) is 8.79. The first-order valence-corrected chi connectivity index (χ1v) is 11.6. The highest BCUT2D eigenvalue weighted by atomic mass is 19.4. The van der Waals surface area contributed by atoms with Gasteiger partial charge in [-0.1, -0.05) is 24.3 Å². The van der Waals surface area contributed by atoms with E-state index in [0.717, 1.165) is 4.90 Å². The van der Waals surface area contributed by atoms with Gasteiger partial charge >= 0.3 is 6.18 Å². The Morgan fingerprint density at radius 3 is 2.41 bits per heavy atom. The van der Waals surface area contributed by atoms with Crippen molar-refractivity contribution in [2.75, 3.05) is 25.0 Å². The molecule has 1 unspecified atom stereocenters. The predicted octanol–water partition coefficient (Wildman–Crippen LogP) is 5.34. The van der Waals surface area contributed by atoms with E-state index in [9.17, 15) is 27.5 Å². The molecule has 37 heavy (non-hydrogen) atoms.